The summed E-state index contributed by atoms with van der Waals surface area (Å²) < 4.78 is 1.69. The number of aromatic nitrogens is 3. The van der Waals surface area contributed by atoms with Gasteiger partial charge in [-0.2, -0.15) is 9.61 Å². The highest BCUT2D eigenvalue weighted by Gasteiger charge is 2.27. The Morgan fingerprint density at radius 1 is 1.19 bits per heavy atom. The number of amides is 4. The maximum Gasteiger partial charge on any atom is 0.326 e. The molecule has 12 nitrogen and oxygen atoms in total. The molecule has 0 bridgehead atoms. The highest BCUT2D eigenvalue weighted by molar-refractivity contribution is 7.17. The molecule has 3 aromatic heterocycles. The molecule has 13 heteroatoms. The summed E-state index contributed by atoms with van der Waals surface area (Å²) in [6.07, 6.45) is 5.31. The van der Waals surface area contributed by atoms with Gasteiger partial charge in [-0.1, -0.05) is 0 Å². The van der Waals surface area contributed by atoms with Crippen molar-refractivity contribution in [2.24, 2.45) is 0 Å². The average Bonchev–Trinajstić information content (AvgIpc) is 3.26. The lowest BCUT2D eigenvalue weighted by Crippen LogP contribution is -2.49. The van der Waals surface area contributed by atoms with Crippen molar-refractivity contribution in [1.29, 1.82) is 0 Å². The highest BCUT2D eigenvalue weighted by Crippen LogP contribution is 2.33. The lowest BCUT2D eigenvalue weighted by Gasteiger charge is -2.34. The number of carbonyl (C=O) groups excluding carboxylic acids is 3. The second kappa shape index (κ2) is 9.57. The minimum Gasteiger partial charge on any atom is -0.395 e. The van der Waals surface area contributed by atoms with Gasteiger partial charge in [0.05, 0.1) is 28.3 Å². The summed E-state index contributed by atoms with van der Waals surface area (Å²) in [6.45, 7) is 3.50. The van der Waals surface area contributed by atoms with Crippen LogP contribution in [0.3, 0.4) is 0 Å². The maximum atomic E-state index is 13.1. The van der Waals surface area contributed by atoms with Crippen LogP contribution in [0, 0.1) is 0 Å². The van der Waals surface area contributed by atoms with Crippen molar-refractivity contribution in [3.8, 4) is 10.6 Å². The molecule has 37 heavy (non-hydrogen) atoms. The van der Waals surface area contributed by atoms with Crippen LogP contribution >= 0.6 is 11.3 Å². The van der Waals surface area contributed by atoms with Crippen LogP contribution in [0.1, 0.15) is 28.1 Å². The molecule has 2 aliphatic heterocycles. The summed E-state index contributed by atoms with van der Waals surface area (Å²) in [5.74, 6) is 0.263. The largest absolute Gasteiger partial charge is 0.395 e. The van der Waals surface area contributed by atoms with Gasteiger partial charge >= 0.3 is 6.03 Å². The number of hydrogen-bond acceptors (Lipinski definition) is 9. The van der Waals surface area contributed by atoms with Crippen LogP contribution in [0.4, 0.5) is 10.6 Å². The molecule has 0 aromatic carbocycles. The van der Waals surface area contributed by atoms with E-state index in [1.54, 1.807) is 16.8 Å². The van der Waals surface area contributed by atoms with E-state index in [9.17, 15) is 14.4 Å². The van der Waals surface area contributed by atoms with Crippen LogP contribution in [0.2, 0.25) is 0 Å². The van der Waals surface area contributed by atoms with Gasteiger partial charge in [-0.3, -0.25) is 19.8 Å². The molecule has 4 amide bonds. The first-order chi connectivity index (χ1) is 18.0. The number of imide groups is 1. The van der Waals surface area contributed by atoms with E-state index in [-0.39, 0.29) is 18.2 Å². The summed E-state index contributed by atoms with van der Waals surface area (Å²) >= 11 is 1.39. The van der Waals surface area contributed by atoms with E-state index in [0.29, 0.717) is 47.5 Å². The first-order valence-corrected chi connectivity index (χ1v) is 13.0. The van der Waals surface area contributed by atoms with Crippen LogP contribution in [0.25, 0.3) is 22.3 Å². The molecular formula is C24H26N8O4S. The van der Waals surface area contributed by atoms with Gasteiger partial charge in [0.15, 0.2) is 5.65 Å². The lowest BCUT2D eigenvalue weighted by atomic mass is 10.2. The van der Waals surface area contributed by atoms with Crippen LogP contribution in [-0.2, 0) is 4.79 Å². The summed E-state index contributed by atoms with van der Waals surface area (Å²) in [5, 5.41) is 21.8. The second-order valence-electron chi connectivity index (χ2n) is 9.27. The molecule has 6 rings (SSSR count). The molecule has 0 spiro atoms. The van der Waals surface area contributed by atoms with Crippen molar-refractivity contribution >= 4 is 46.7 Å². The van der Waals surface area contributed by atoms with Crippen molar-refractivity contribution in [2.45, 2.75) is 18.9 Å². The number of fused-ring (bicyclic) bond motifs is 1. The van der Waals surface area contributed by atoms with Crippen molar-refractivity contribution in [3.05, 3.63) is 40.5 Å². The zero-order valence-electron chi connectivity index (χ0n) is 19.9. The number of hydrogen-bond donors (Lipinski definition) is 4. The zero-order chi connectivity index (χ0) is 25.5. The Balaban J connectivity index is 1.30. The SMILES string of the molecule is O=C1NC(=O)/C(=C/c2cnn3c(NC4CC4)cc(-c4ccc(C(=O)N5CCN(CCO)CC5)s4)nc23)N1. The Kier molecular flexibility index (Phi) is 6.10. The predicted molar refractivity (Wildman–Crippen MR) is 137 cm³/mol. The van der Waals surface area contributed by atoms with Gasteiger partial charge in [0.25, 0.3) is 11.8 Å². The molecule has 2 saturated heterocycles. The Morgan fingerprint density at radius 2 is 2.00 bits per heavy atom. The third kappa shape index (κ3) is 4.80. The number of carbonyl (C=O) groups is 3. The van der Waals surface area contributed by atoms with Gasteiger partial charge in [0, 0.05) is 50.4 Å². The fourth-order valence-corrected chi connectivity index (χ4v) is 5.38. The van der Waals surface area contributed by atoms with Crippen molar-refractivity contribution in [2.75, 3.05) is 44.6 Å². The molecular weight excluding hydrogens is 496 g/mol. The first kappa shape index (κ1) is 23.6. The topological polar surface area (TPSA) is 144 Å². The standard InChI is InChI=1S/C24H26N8O4S/c33-10-9-30-5-7-31(8-6-30)23(35)19-4-3-18(37-19)16-12-20(26-15-1-2-15)32-21(27-16)14(13-25-32)11-17-22(34)29-24(36)28-17/h3-4,11-13,15,26,33H,1-2,5-10H2,(H2,28,29,34,36)/b17-11-. The first-order valence-electron chi connectivity index (χ1n) is 12.2. The highest BCUT2D eigenvalue weighted by atomic mass is 32.1. The molecule has 192 valence electrons. The number of urea groups is 1. The van der Waals surface area contributed by atoms with E-state index in [0.717, 1.165) is 36.6 Å². The Bertz CT molecular complexity index is 1420. The number of anilines is 1. The van der Waals surface area contributed by atoms with Gasteiger partial charge in [0.1, 0.15) is 11.5 Å². The molecule has 0 radical (unpaired) electrons. The number of rotatable bonds is 7. The van der Waals surface area contributed by atoms with Crippen molar-refractivity contribution in [3.63, 3.8) is 0 Å². The maximum absolute atomic E-state index is 13.1. The van der Waals surface area contributed by atoms with Crippen LogP contribution in [0.15, 0.2) is 30.1 Å². The molecule has 3 aromatic rings. The quantitative estimate of drug-likeness (QED) is 0.265. The van der Waals surface area contributed by atoms with Gasteiger partial charge in [0.2, 0.25) is 0 Å². The summed E-state index contributed by atoms with van der Waals surface area (Å²) in [5.41, 5.74) is 1.93. The molecule has 3 aliphatic rings. The van der Waals surface area contributed by atoms with Gasteiger partial charge in [-0.25, -0.2) is 9.78 Å². The normalized spacial score (nSPS) is 19.5. The van der Waals surface area contributed by atoms with Crippen molar-refractivity contribution < 1.29 is 19.5 Å². The van der Waals surface area contributed by atoms with Crippen LogP contribution in [0.5, 0.6) is 0 Å². The predicted octanol–water partition coefficient (Wildman–Crippen LogP) is 0.962. The third-order valence-electron chi connectivity index (χ3n) is 6.59. The fourth-order valence-electron chi connectivity index (χ4n) is 4.45. The number of piperazine rings is 1. The van der Waals surface area contributed by atoms with E-state index in [2.05, 4.69) is 25.9 Å². The number of nitrogens with one attached hydrogen (secondary N) is 3. The lowest BCUT2D eigenvalue weighted by molar-refractivity contribution is -0.115. The van der Waals surface area contributed by atoms with Crippen LogP contribution in [-0.4, -0.2) is 92.7 Å². The number of thiophene rings is 1. The minimum atomic E-state index is -0.567. The molecule has 5 heterocycles. The molecule has 3 fully saturated rings. The van der Waals surface area contributed by atoms with E-state index in [1.807, 2.05) is 23.1 Å². The number of nitrogens with zero attached hydrogens (tertiary/aromatic N) is 5. The molecule has 4 N–H and O–H groups in total. The Labute approximate surface area is 216 Å². The van der Waals surface area contributed by atoms with E-state index in [4.69, 9.17) is 10.1 Å². The van der Waals surface area contributed by atoms with Gasteiger partial charge < -0.3 is 20.6 Å². The minimum absolute atomic E-state index is 0.00457. The monoisotopic (exact) mass is 522 g/mol. The van der Waals surface area contributed by atoms with Crippen LogP contribution < -0.4 is 16.0 Å². The van der Waals surface area contributed by atoms with E-state index >= 15 is 0 Å². The second-order valence-corrected chi connectivity index (χ2v) is 10.4. The molecule has 1 saturated carbocycles. The van der Waals surface area contributed by atoms with Crippen molar-refractivity contribution in [1.82, 2.24) is 35.0 Å². The van der Waals surface area contributed by atoms with E-state index < -0.39 is 11.9 Å². The third-order valence-corrected chi connectivity index (χ3v) is 7.69. The summed E-state index contributed by atoms with van der Waals surface area (Å²) in [7, 11) is 0. The Hall–Kier alpha value is -3.81. The molecule has 0 unspecified atom stereocenters. The number of aliphatic hydroxyl groups excluding tert-OH is 1. The number of β-amino-alcohol motifs (C(OH)–C–C–N with tert-alkyl or cyclic N) is 1. The summed E-state index contributed by atoms with van der Waals surface area (Å²) in [6, 6.07) is 5.46. The molecule has 0 atom stereocenters. The number of aliphatic hydroxyl groups is 1. The zero-order valence-corrected chi connectivity index (χ0v) is 20.8. The molecule has 1 aliphatic carbocycles. The van der Waals surface area contributed by atoms with Gasteiger partial charge in [-0.15, -0.1) is 11.3 Å². The van der Waals surface area contributed by atoms with Gasteiger partial charge in [-0.05, 0) is 31.1 Å². The fraction of sp³-hybridized carbons (Fsp3) is 0.375. The average molecular weight is 523 g/mol. The summed E-state index contributed by atoms with van der Waals surface area (Å²) in [4.78, 5) is 47.0. The van der Waals surface area contributed by atoms with E-state index in [1.165, 1.54) is 11.3 Å². The smallest absolute Gasteiger partial charge is 0.326 e. The Morgan fingerprint density at radius 3 is 2.70 bits per heavy atom.